The molecule has 0 bridgehead atoms. The van der Waals surface area contributed by atoms with E-state index in [1.54, 1.807) is 24.3 Å². The normalized spacial score (nSPS) is 13.8. The number of aromatic nitrogens is 2. The van der Waals surface area contributed by atoms with Gasteiger partial charge in [0.05, 0.1) is 16.5 Å². The summed E-state index contributed by atoms with van der Waals surface area (Å²) in [6.45, 7) is 2.41. The van der Waals surface area contributed by atoms with E-state index in [2.05, 4.69) is 10.00 Å². The molecule has 170 valence electrons. The highest BCUT2D eigenvalue weighted by Gasteiger charge is 2.23. The maximum absolute atomic E-state index is 12.7. The molecule has 1 amide bonds. The average molecular weight is 483 g/mol. The first-order chi connectivity index (χ1) is 15.9. The summed E-state index contributed by atoms with van der Waals surface area (Å²) < 4.78 is 1.37. The van der Waals surface area contributed by atoms with Gasteiger partial charge in [-0.05, 0) is 35.4 Å². The van der Waals surface area contributed by atoms with Crippen LogP contribution >= 0.6 is 23.2 Å². The molecule has 4 rings (SSSR count). The Morgan fingerprint density at radius 3 is 2.30 bits per heavy atom. The lowest BCUT2D eigenvalue weighted by Gasteiger charge is -2.35. The molecule has 33 heavy (non-hydrogen) atoms. The fourth-order valence-electron chi connectivity index (χ4n) is 3.77. The van der Waals surface area contributed by atoms with Crippen molar-refractivity contribution in [1.29, 1.82) is 10.8 Å². The molecule has 1 fully saturated rings. The largest absolute Gasteiger partial charge is 0.352 e. The standard InChI is InChI=1S/C24H24Cl2N6O/c25-19-7-6-18(14-20(19)26)16-24(33)31-12-10-30(11-13-31)23-9-8-21(27)32(29-23)22(28)15-17-4-2-1-3-5-17/h1-9,14,27-28H,10-13,15-16H2. The molecule has 9 heteroatoms. The van der Waals surface area contributed by atoms with Gasteiger partial charge in [0.1, 0.15) is 17.1 Å². The summed E-state index contributed by atoms with van der Waals surface area (Å²) in [5, 5.41) is 22.1. The van der Waals surface area contributed by atoms with Gasteiger partial charge in [0.2, 0.25) is 5.91 Å². The molecule has 1 aliphatic heterocycles. The molecule has 3 aromatic rings. The molecular formula is C24H24Cl2N6O. The van der Waals surface area contributed by atoms with E-state index >= 15 is 0 Å². The predicted octanol–water partition coefficient (Wildman–Crippen LogP) is 3.63. The monoisotopic (exact) mass is 482 g/mol. The highest BCUT2D eigenvalue weighted by atomic mass is 35.5. The van der Waals surface area contributed by atoms with Gasteiger partial charge in [0.15, 0.2) is 0 Å². The number of nitrogens with zero attached hydrogens (tertiary/aromatic N) is 4. The smallest absolute Gasteiger partial charge is 0.227 e. The van der Waals surface area contributed by atoms with E-state index in [9.17, 15) is 4.79 Å². The Morgan fingerprint density at radius 1 is 0.879 bits per heavy atom. The summed E-state index contributed by atoms with van der Waals surface area (Å²) in [5.74, 6) is 0.978. The first kappa shape index (κ1) is 23.0. The highest BCUT2D eigenvalue weighted by Crippen LogP contribution is 2.23. The lowest BCUT2D eigenvalue weighted by atomic mass is 10.1. The number of carbonyl (C=O) groups is 1. The van der Waals surface area contributed by atoms with E-state index < -0.39 is 0 Å². The second-order valence-corrected chi connectivity index (χ2v) is 8.71. The predicted molar refractivity (Wildman–Crippen MR) is 130 cm³/mol. The van der Waals surface area contributed by atoms with Crippen molar-refractivity contribution in [3.8, 4) is 0 Å². The minimum Gasteiger partial charge on any atom is -0.352 e. The number of carbonyl (C=O) groups excluding carboxylic acids is 1. The van der Waals surface area contributed by atoms with Crippen LogP contribution in [-0.2, 0) is 17.6 Å². The van der Waals surface area contributed by atoms with Gasteiger partial charge in [-0.3, -0.25) is 15.6 Å². The van der Waals surface area contributed by atoms with E-state index in [4.69, 9.17) is 34.0 Å². The van der Waals surface area contributed by atoms with Gasteiger partial charge in [-0.15, -0.1) is 5.10 Å². The van der Waals surface area contributed by atoms with Gasteiger partial charge >= 0.3 is 0 Å². The minimum absolute atomic E-state index is 0.0437. The van der Waals surface area contributed by atoms with Crippen LogP contribution < -0.4 is 10.4 Å². The molecular weight excluding hydrogens is 459 g/mol. The van der Waals surface area contributed by atoms with Crippen LogP contribution in [-0.4, -0.2) is 52.6 Å². The second-order valence-electron chi connectivity index (χ2n) is 7.89. The lowest BCUT2D eigenvalue weighted by Crippen LogP contribution is -2.50. The molecule has 0 radical (unpaired) electrons. The molecule has 0 spiro atoms. The second kappa shape index (κ2) is 10.2. The third-order valence-electron chi connectivity index (χ3n) is 5.59. The number of benzene rings is 2. The number of amides is 1. The molecule has 0 saturated carbocycles. The fourth-order valence-corrected chi connectivity index (χ4v) is 4.09. The van der Waals surface area contributed by atoms with Crippen LogP contribution in [0, 0.1) is 10.8 Å². The molecule has 2 heterocycles. The number of hydrogen-bond donors (Lipinski definition) is 2. The Morgan fingerprint density at radius 2 is 1.61 bits per heavy atom. The quantitative estimate of drug-likeness (QED) is 0.429. The molecule has 0 unspecified atom stereocenters. The summed E-state index contributed by atoms with van der Waals surface area (Å²) in [6, 6.07) is 18.4. The number of hydrogen-bond acceptors (Lipinski definition) is 5. The Bertz CT molecular complexity index is 1220. The van der Waals surface area contributed by atoms with Gasteiger partial charge in [-0.2, -0.15) is 4.68 Å². The molecule has 7 nitrogen and oxygen atoms in total. The Kier molecular flexibility index (Phi) is 7.11. The van der Waals surface area contributed by atoms with Crippen molar-refractivity contribution in [2.75, 3.05) is 31.1 Å². The molecule has 2 aromatic carbocycles. The summed E-state index contributed by atoms with van der Waals surface area (Å²) in [4.78, 5) is 16.6. The molecule has 1 saturated heterocycles. The number of piperazine rings is 1. The van der Waals surface area contributed by atoms with Crippen molar-refractivity contribution in [2.24, 2.45) is 0 Å². The van der Waals surface area contributed by atoms with Crippen LogP contribution in [0.2, 0.25) is 10.0 Å². The van der Waals surface area contributed by atoms with Crippen molar-refractivity contribution in [2.45, 2.75) is 12.8 Å². The molecule has 1 aromatic heterocycles. The van der Waals surface area contributed by atoms with Gasteiger partial charge < -0.3 is 9.80 Å². The first-order valence-corrected chi connectivity index (χ1v) is 11.4. The number of halogens is 2. The average Bonchev–Trinajstić information content (AvgIpc) is 2.82. The van der Waals surface area contributed by atoms with Gasteiger partial charge in [-0.25, -0.2) is 0 Å². The first-order valence-electron chi connectivity index (χ1n) is 10.6. The minimum atomic E-state index is 0.0437. The van der Waals surface area contributed by atoms with E-state index in [-0.39, 0.29) is 23.7 Å². The van der Waals surface area contributed by atoms with E-state index in [1.807, 2.05) is 41.3 Å². The molecule has 0 atom stereocenters. The van der Waals surface area contributed by atoms with Crippen LogP contribution in [0.15, 0.2) is 60.7 Å². The van der Waals surface area contributed by atoms with Gasteiger partial charge in [-0.1, -0.05) is 59.6 Å². The van der Waals surface area contributed by atoms with E-state index in [0.29, 0.717) is 48.5 Å². The Labute approximate surface area is 202 Å². The van der Waals surface area contributed by atoms with Crippen LogP contribution in [0.4, 0.5) is 5.82 Å². The van der Waals surface area contributed by atoms with Crippen molar-refractivity contribution in [3.05, 3.63) is 87.3 Å². The van der Waals surface area contributed by atoms with Crippen molar-refractivity contribution >= 4 is 40.8 Å². The Balaban J connectivity index is 1.38. The van der Waals surface area contributed by atoms with Gasteiger partial charge in [0.25, 0.3) is 0 Å². The van der Waals surface area contributed by atoms with Crippen molar-refractivity contribution in [1.82, 2.24) is 14.7 Å². The zero-order valence-corrected chi connectivity index (χ0v) is 19.5. The van der Waals surface area contributed by atoms with Crippen LogP contribution in [0.5, 0.6) is 0 Å². The number of rotatable bonds is 5. The number of anilines is 1. The van der Waals surface area contributed by atoms with E-state index in [0.717, 1.165) is 11.1 Å². The maximum Gasteiger partial charge on any atom is 0.227 e. The van der Waals surface area contributed by atoms with Gasteiger partial charge in [0, 0.05) is 32.6 Å². The van der Waals surface area contributed by atoms with Crippen LogP contribution in [0.1, 0.15) is 11.1 Å². The third kappa shape index (κ3) is 5.61. The number of nitrogens with one attached hydrogen (secondary N) is 2. The van der Waals surface area contributed by atoms with Crippen molar-refractivity contribution < 1.29 is 4.79 Å². The maximum atomic E-state index is 12.7. The van der Waals surface area contributed by atoms with Crippen molar-refractivity contribution in [3.63, 3.8) is 0 Å². The molecule has 0 aliphatic carbocycles. The third-order valence-corrected chi connectivity index (χ3v) is 6.33. The van der Waals surface area contributed by atoms with E-state index in [1.165, 1.54) is 4.68 Å². The zero-order chi connectivity index (χ0) is 23.4. The van der Waals surface area contributed by atoms with Crippen LogP contribution in [0.3, 0.4) is 0 Å². The molecule has 2 N–H and O–H groups in total. The fraction of sp³-hybridized carbons (Fsp3) is 0.250. The SMILES string of the molecule is N=C(Cc1ccccc1)n1nc(N2CCN(C(=O)Cc3ccc(Cl)c(Cl)c3)CC2)ccc1=N. The topological polar surface area (TPSA) is 89.1 Å². The Hall–Kier alpha value is -3.16. The molecule has 1 aliphatic rings. The summed E-state index contributed by atoms with van der Waals surface area (Å²) in [6.07, 6.45) is 0.671. The summed E-state index contributed by atoms with van der Waals surface area (Å²) in [7, 11) is 0. The summed E-state index contributed by atoms with van der Waals surface area (Å²) >= 11 is 12.0. The van der Waals surface area contributed by atoms with Crippen LogP contribution in [0.25, 0.3) is 0 Å². The summed E-state index contributed by atoms with van der Waals surface area (Å²) in [5.41, 5.74) is 1.99. The highest BCUT2D eigenvalue weighted by molar-refractivity contribution is 6.42. The lowest BCUT2D eigenvalue weighted by molar-refractivity contribution is -0.130. The zero-order valence-electron chi connectivity index (χ0n) is 18.0.